The Morgan fingerprint density at radius 2 is 1.77 bits per heavy atom. The second-order valence-corrected chi connectivity index (χ2v) is 13.4. The summed E-state index contributed by atoms with van der Waals surface area (Å²) in [7, 11) is -1.86. The molecule has 130 valence electrons. The molecule has 0 spiro atoms. The fraction of sp³-hybridized carbons (Fsp3) is 0.938. The van der Waals surface area contributed by atoms with Gasteiger partial charge in [0.05, 0.1) is 12.1 Å². The molecule has 0 saturated carbocycles. The molecule has 0 radical (unpaired) electrons. The monoisotopic (exact) mass is 330 g/mol. The maximum atomic E-state index is 12.0. The lowest BCUT2D eigenvalue weighted by molar-refractivity contribution is 0.0402. The molecule has 1 fully saturated rings. The van der Waals surface area contributed by atoms with Crippen LogP contribution >= 0.6 is 0 Å². The predicted octanol–water partition coefficient (Wildman–Crippen LogP) is 3.26. The first-order chi connectivity index (χ1) is 9.82. The normalized spacial score (nSPS) is 24.0. The fourth-order valence-corrected chi connectivity index (χ4v) is 3.49. The largest absolute Gasteiger partial charge is 0.444 e. The highest BCUT2D eigenvalue weighted by molar-refractivity contribution is 6.74. The molecule has 1 amide bonds. The van der Waals surface area contributed by atoms with Gasteiger partial charge in [-0.2, -0.15) is 0 Å². The van der Waals surface area contributed by atoms with Crippen molar-refractivity contribution in [2.24, 2.45) is 0 Å². The quantitative estimate of drug-likeness (QED) is 0.780. The zero-order valence-electron chi connectivity index (χ0n) is 15.5. The molecule has 5 nitrogen and oxygen atoms in total. The summed E-state index contributed by atoms with van der Waals surface area (Å²) < 4.78 is 11.9. The van der Waals surface area contributed by atoms with Gasteiger partial charge in [0.1, 0.15) is 5.60 Å². The molecule has 0 aromatic heterocycles. The second-order valence-electron chi connectivity index (χ2n) is 8.66. The van der Waals surface area contributed by atoms with Crippen LogP contribution in [0.25, 0.3) is 0 Å². The van der Waals surface area contributed by atoms with Gasteiger partial charge in [-0.1, -0.05) is 20.8 Å². The summed E-state index contributed by atoms with van der Waals surface area (Å²) in [5, 5.41) is 6.51. The third kappa shape index (κ3) is 5.89. The van der Waals surface area contributed by atoms with E-state index in [2.05, 4.69) is 44.5 Å². The number of ether oxygens (including phenoxy) is 1. The van der Waals surface area contributed by atoms with Gasteiger partial charge in [-0.15, -0.1) is 0 Å². The summed E-state index contributed by atoms with van der Waals surface area (Å²) in [6.07, 6.45) is 0.504. The van der Waals surface area contributed by atoms with E-state index in [1.165, 1.54) is 0 Å². The zero-order valence-corrected chi connectivity index (χ0v) is 16.5. The number of piperidine rings is 1. The average Bonchev–Trinajstić information content (AvgIpc) is 2.27. The van der Waals surface area contributed by atoms with Crippen molar-refractivity contribution in [3.63, 3.8) is 0 Å². The van der Waals surface area contributed by atoms with Gasteiger partial charge in [-0.25, -0.2) is 4.79 Å². The third-order valence-corrected chi connectivity index (χ3v) is 8.89. The van der Waals surface area contributed by atoms with Gasteiger partial charge in [0, 0.05) is 6.54 Å². The molecule has 1 rings (SSSR count). The summed E-state index contributed by atoms with van der Waals surface area (Å²) in [6, 6.07) is 0.00484. The van der Waals surface area contributed by atoms with Crippen LogP contribution < -0.4 is 10.6 Å². The number of hydrogen-bond acceptors (Lipinski definition) is 4. The lowest BCUT2D eigenvalue weighted by Gasteiger charge is -2.43. The minimum absolute atomic E-state index is 0.00200. The molecule has 22 heavy (non-hydrogen) atoms. The molecule has 1 heterocycles. The number of nitrogens with one attached hydrogen (secondary N) is 2. The van der Waals surface area contributed by atoms with Crippen LogP contribution in [0.4, 0.5) is 4.79 Å². The first kappa shape index (κ1) is 19.5. The number of carbonyl (C=O) groups is 1. The van der Waals surface area contributed by atoms with Crippen LogP contribution in [-0.2, 0) is 9.16 Å². The van der Waals surface area contributed by atoms with Crippen LogP contribution in [0, 0.1) is 0 Å². The molecule has 0 aromatic rings. The average molecular weight is 331 g/mol. The summed E-state index contributed by atoms with van der Waals surface area (Å²) in [5.74, 6) is 0. The van der Waals surface area contributed by atoms with Crippen molar-refractivity contribution in [3.8, 4) is 0 Å². The van der Waals surface area contributed by atoms with Crippen molar-refractivity contribution in [1.82, 2.24) is 10.6 Å². The lowest BCUT2D eigenvalue weighted by Crippen LogP contribution is -2.58. The molecule has 6 heteroatoms. The van der Waals surface area contributed by atoms with E-state index in [9.17, 15) is 4.79 Å². The first-order valence-electron chi connectivity index (χ1n) is 8.20. The third-order valence-electron chi connectivity index (χ3n) is 4.38. The predicted molar refractivity (Wildman–Crippen MR) is 92.7 cm³/mol. The molecular weight excluding hydrogens is 296 g/mol. The van der Waals surface area contributed by atoms with Crippen molar-refractivity contribution >= 4 is 14.4 Å². The highest BCUT2D eigenvalue weighted by Gasteiger charge is 2.41. The summed E-state index contributed by atoms with van der Waals surface area (Å²) in [5.41, 5.74) is -0.479. The molecule has 1 saturated heterocycles. The Bertz CT molecular complexity index is 386. The SMILES string of the molecule is CC(C)(C)OC(=O)N[C@H]1CCNC[C@@H]1O[Si](C)(C)C(C)(C)C. The summed E-state index contributed by atoms with van der Waals surface area (Å²) in [6.45, 7) is 18.4. The molecule has 2 atom stereocenters. The standard InChI is InChI=1S/C16H34N2O3Si/c1-15(2,3)20-14(19)18-12-9-10-17-11-13(12)21-22(7,8)16(4,5)6/h12-13,17H,9-11H2,1-8H3,(H,18,19)/t12-,13-/m0/s1. The minimum Gasteiger partial charge on any atom is -0.444 e. The van der Waals surface area contributed by atoms with Gasteiger partial charge in [0.25, 0.3) is 0 Å². The topological polar surface area (TPSA) is 59.6 Å². The Morgan fingerprint density at radius 1 is 1.18 bits per heavy atom. The molecule has 2 N–H and O–H groups in total. The van der Waals surface area contributed by atoms with E-state index < -0.39 is 13.9 Å². The number of rotatable bonds is 3. The van der Waals surface area contributed by atoms with Crippen molar-refractivity contribution in [2.45, 2.75) is 83.8 Å². The highest BCUT2D eigenvalue weighted by Crippen LogP contribution is 2.37. The van der Waals surface area contributed by atoms with E-state index >= 15 is 0 Å². The Labute approximate surface area is 136 Å². The van der Waals surface area contributed by atoms with Crippen molar-refractivity contribution in [1.29, 1.82) is 0 Å². The van der Waals surface area contributed by atoms with E-state index in [0.717, 1.165) is 19.5 Å². The Balaban J connectivity index is 2.70. The maximum Gasteiger partial charge on any atom is 0.407 e. The van der Waals surface area contributed by atoms with Crippen LogP contribution in [0.15, 0.2) is 0 Å². The number of amides is 1. The van der Waals surface area contributed by atoms with Gasteiger partial charge in [-0.05, 0) is 51.9 Å². The van der Waals surface area contributed by atoms with Crippen LogP contribution in [0.5, 0.6) is 0 Å². The molecule has 0 aliphatic carbocycles. The summed E-state index contributed by atoms with van der Waals surface area (Å²) in [4.78, 5) is 12.0. The van der Waals surface area contributed by atoms with E-state index in [4.69, 9.17) is 9.16 Å². The molecule has 1 aliphatic rings. The van der Waals surface area contributed by atoms with E-state index in [1.807, 2.05) is 20.8 Å². The van der Waals surface area contributed by atoms with Crippen molar-refractivity contribution < 1.29 is 14.0 Å². The van der Waals surface area contributed by atoms with Crippen LogP contribution in [0.3, 0.4) is 0 Å². The first-order valence-corrected chi connectivity index (χ1v) is 11.1. The molecule has 1 aliphatic heterocycles. The minimum atomic E-state index is -1.86. The number of carbonyl (C=O) groups excluding carboxylic acids is 1. The van der Waals surface area contributed by atoms with Crippen LogP contribution in [0.1, 0.15) is 48.0 Å². The van der Waals surface area contributed by atoms with Crippen LogP contribution in [0.2, 0.25) is 18.1 Å². The van der Waals surface area contributed by atoms with Gasteiger partial charge in [0.2, 0.25) is 0 Å². The lowest BCUT2D eigenvalue weighted by atomic mass is 10.0. The Kier molecular flexibility index (Phi) is 6.09. The van der Waals surface area contributed by atoms with E-state index in [0.29, 0.717) is 0 Å². The highest BCUT2D eigenvalue weighted by atomic mass is 28.4. The van der Waals surface area contributed by atoms with Crippen molar-refractivity contribution in [3.05, 3.63) is 0 Å². The van der Waals surface area contributed by atoms with Gasteiger partial charge < -0.3 is 19.8 Å². The number of alkyl carbamates (subject to hydrolysis) is 1. The molecule has 0 aromatic carbocycles. The molecule has 0 unspecified atom stereocenters. The fourth-order valence-electron chi connectivity index (χ4n) is 2.13. The zero-order chi connectivity index (χ0) is 17.2. The van der Waals surface area contributed by atoms with E-state index in [1.54, 1.807) is 0 Å². The molecular formula is C16H34N2O3Si. The van der Waals surface area contributed by atoms with Gasteiger partial charge in [-0.3, -0.25) is 0 Å². The Morgan fingerprint density at radius 3 is 2.27 bits per heavy atom. The van der Waals surface area contributed by atoms with Gasteiger partial charge >= 0.3 is 6.09 Å². The van der Waals surface area contributed by atoms with Crippen LogP contribution in [-0.4, -0.2) is 45.2 Å². The second kappa shape index (κ2) is 6.89. The molecule has 0 bridgehead atoms. The smallest absolute Gasteiger partial charge is 0.407 e. The maximum absolute atomic E-state index is 12.0. The van der Waals surface area contributed by atoms with Gasteiger partial charge in [0.15, 0.2) is 8.32 Å². The summed E-state index contributed by atoms with van der Waals surface area (Å²) >= 11 is 0. The van der Waals surface area contributed by atoms with Crippen molar-refractivity contribution in [2.75, 3.05) is 13.1 Å². The Hall–Kier alpha value is -0.593. The number of hydrogen-bond donors (Lipinski definition) is 2. The van der Waals surface area contributed by atoms with E-state index in [-0.39, 0.29) is 23.3 Å².